The van der Waals surface area contributed by atoms with Gasteiger partial charge in [-0.25, -0.2) is 0 Å². The molecule has 4 nitrogen and oxygen atoms in total. The number of nitrogens with zero attached hydrogens (tertiary/aromatic N) is 1. The molecule has 1 fully saturated rings. The van der Waals surface area contributed by atoms with E-state index in [4.69, 9.17) is 4.84 Å². The Bertz CT molecular complexity index is 831. The van der Waals surface area contributed by atoms with Crippen LogP contribution < -0.4 is 10.4 Å². The number of hydroxylamine groups is 1. The van der Waals surface area contributed by atoms with Crippen LogP contribution in [0.2, 0.25) is 0 Å². The Hall–Kier alpha value is -2.43. The van der Waals surface area contributed by atoms with E-state index in [2.05, 4.69) is 29.8 Å². The van der Waals surface area contributed by atoms with E-state index in [-0.39, 0.29) is 11.9 Å². The van der Waals surface area contributed by atoms with Gasteiger partial charge >= 0.3 is 0 Å². The summed E-state index contributed by atoms with van der Waals surface area (Å²) in [6, 6.07) is 18.4. The number of benzene rings is 2. The first-order valence-corrected chi connectivity index (χ1v) is 8.68. The number of rotatable bonds is 3. The number of hydrogen-bond acceptors (Lipinski definition) is 3. The van der Waals surface area contributed by atoms with Crippen molar-refractivity contribution in [3.8, 4) is 0 Å². The maximum atomic E-state index is 13.1. The second kappa shape index (κ2) is 6.14. The molecule has 0 aliphatic carbocycles. The van der Waals surface area contributed by atoms with Crippen LogP contribution in [0.4, 0.5) is 5.69 Å². The van der Waals surface area contributed by atoms with E-state index < -0.39 is 5.54 Å². The fraction of sp³-hybridized carbons (Fsp3) is 0.286. The molecule has 1 saturated heterocycles. The van der Waals surface area contributed by atoms with Crippen molar-refractivity contribution in [2.75, 3.05) is 12.0 Å². The van der Waals surface area contributed by atoms with Crippen molar-refractivity contribution in [2.24, 2.45) is 0 Å². The summed E-state index contributed by atoms with van der Waals surface area (Å²) in [5, 5.41) is 0. The summed E-state index contributed by atoms with van der Waals surface area (Å²) in [5.74, 6) is 0.155. The molecule has 25 heavy (non-hydrogen) atoms. The van der Waals surface area contributed by atoms with Gasteiger partial charge in [0.2, 0.25) is 5.91 Å². The predicted molar refractivity (Wildman–Crippen MR) is 98.9 cm³/mol. The lowest BCUT2D eigenvalue weighted by molar-refractivity contribution is -0.122. The van der Waals surface area contributed by atoms with Gasteiger partial charge in [-0.2, -0.15) is 5.48 Å². The molecule has 0 radical (unpaired) electrons. The first kappa shape index (κ1) is 16.1. The molecule has 2 atom stereocenters. The minimum atomic E-state index is -0.592. The summed E-state index contributed by atoms with van der Waals surface area (Å²) in [7, 11) is 1.64. The van der Waals surface area contributed by atoms with Gasteiger partial charge in [0.15, 0.2) is 0 Å². The summed E-state index contributed by atoms with van der Waals surface area (Å²) in [6.45, 7) is 2.04. The zero-order valence-electron chi connectivity index (χ0n) is 14.5. The number of piperidine rings is 1. The molecule has 1 amide bonds. The van der Waals surface area contributed by atoms with Crippen molar-refractivity contribution < 1.29 is 9.63 Å². The average molecular weight is 334 g/mol. The van der Waals surface area contributed by atoms with E-state index in [1.807, 2.05) is 48.2 Å². The molecule has 2 aliphatic rings. The summed E-state index contributed by atoms with van der Waals surface area (Å²) in [5.41, 5.74) is 6.93. The molecular formula is C21H22N2O2. The lowest BCUT2D eigenvalue weighted by Crippen LogP contribution is -2.62. The van der Waals surface area contributed by atoms with E-state index in [0.717, 1.165) is 28.8 Å². The maximum Gasteiger partial charge on any atom is 0.228 e. The van der Waals surface area contributed by atoms with Gasteiger partial charge in [0.05, 0.1) is 18.8 Å². The summed E-state index contributed by atoms with van der Waals surface area (Å²) in [6.07, 6.45) is 3.36. The summed E-state index contributed by atoms with van der Waals surface area (Å²) in [4.78, 5) is 20.4. The van der Waals surface area contributed by atoms with E-state index in [9.17, 15) is 4.79 Å². The smallest absolute Gasteiger partial charge is 0.228 e. The average Bonchev–Trinajstić information content (AvgIpc) is 2.97. The summed E-state index contributed by atoms with van der Waals surface area (Å²) >= 11 is 0. The number of anilines is 1. The van der Waals surface area contributed by atoms with Crippen LogP contribution in [0.25, 0.3) is 5.57 Å². The van der Waals surface area contributed by atoms with Crippen LogP contribution in [-0.4, -0.2) is 19.1 Å². The fourth-order valence-corrected chi connectivity index (χ4v) is 4.52. The Morgan fingerprint density at radius 2 is 1.88 bits per heavy atom. The van der Waals surface area contributed by atoms with E-state index >= 15 is 0 Å². The van der Waals surface area contributed by atoms with Crippen molar-refractivity contribution in [1.29, 1.82) is 0 Å². The highest BCUT2D eigenvalue weighted by molar-refractivity contribution is 6.08. The van der Waals surface area contributed by atoms with Gasteiger partial charge in [-0.05, 0) is 30.5 Å². The third-order valence-electron chi connectivity index (χ3n) is 5.36. The third-order valence-corrected chi connectivity index (χ3v) is 5.36. The van der Waals surface area contributed by atoms with Crippen LogP contribution in [0.1, 0.15) is 30.9 Å². The lowest BCUT2D eigenvalue weighted by Gasteiger charge is -2.49. The lowest BCUT2D eigenvalue weighted by atomic mass is 9.72. The quantitative estimate of drug-likeness (QED) is 0.871. The number of carbonyl (C=O) groups excluding carboxylic acids is 1. The minimum absolute atomic E-state index is 0.0313. The second-order valence-corrected chi connectivity index (χ2v) is 6.49. The largest absolute Gasteiger partial charge is 0.305 e. The molecule has 0 aromatic heterocycles. The van der Waals surface area contributed by atoms with Crippen molar-refractivity contribution in [3.63, 3.8) is 0 Å². The monoisotopic (exact) mass is 334 g/mol. The van der Waals surface area contributed by atoms with Crippen LogP contribution in [0.15, 0.2) is 60.7 Å². The molecule has 2 aromatic rings. The number of hydrogen-bond donors (Lipinski definition) is 1. The van der Waals surface area contributed by atoms with E-state index in [1.165, 1.54) is 0 Å². The highest BCUT2D eigenvalue weighted by Crippen LogP contribution is 2.57. The van der Waals surface area contributed by atoms with Crippen LogP contribution in [0.5, 0.6) is 0 Å². The van der Waals surface area contributed by atoms with Crippen LogP contribution in [-0.2, 0) is 15.2 Å². The Labute approximate surface area is 148 Å². The molecule has 0 bridgehead atoms. The molecule has 128 valence electrons. The highest BCUT2D eigenvalue weighted by Gasteiger charge is 2.58. The van der Waals surface area contributed by atoms with E-state index in [1.54, 1.807) is 7.11 Å². The van der Waals surface area contributed by atoms with Gasteiger partial charge < -0.3 is 4.84 Å². The molecule has 4 heteroatoms. The molecule has 2 heterocycles. The second-order valence-electron chi connectivity index (χ2n) is 6.49. The van der Waals surface area contributed by atoms with Crippen molar-refractivity contribution in [3.05, 3.63) is 71.8 Å². The van der Waals surface area contributed by atoms with Gasteiger partial charge in [0.25, 0.3) is 0 Å². The van der Waals surface area contributed by atoms with Crippen LogP contribution in [0.3, 0.4) is 0 Å². The number of amides is 1. The topological polar surface area (TPSA) is 41.6 Å². The predicted octanol–water partition coefficient (Wildman–Crippen LogP) is 3.65. The Balaban J connectivity index is 2.05. The zero-order valence-corrected chi connectivity index (χ0v) is 14.5. The standard InChI is InChI=1S/C21H22N2O2/c1-3-17-16-11-7-8-12-18(16)23-20(24)14-13-19(22-25-2)21(17,23)15-9-5-4-6-10-15/h3-12,19,22H,13-14H2,1-2H3/b17-3+/t19-,21-/m0/s1. The number of allylic oxidation sites excluding steroid dienone is 1. The minimum Gasteiger partial charge on any atom is -0.305 e. The van der Waals surface area contributed by atoms with Gasteiger partial charge in [-0.15, -0.1) is 0 Å². The SMILES string of the molecule is C/C=C1\c2ccccc2N2C(=O)CC[C@H](NOC)[C@]12c1ccccc1. The normalized spacial score (nSPS) is 26.6. The van der Waals surface area contributed by atoms with Gasteiger partial charge in [0, 0.05) is 12.0 Å². The van der Waals surface area contributed by atoms with Gasteiger partial charge in [-0.1, -0.05) is 54.6 Å². The van der Waals surface area contributed by atoms with Crippen molar-refractivity contribution >= 4 is 17.2 Å². The third kappa shape index (κ3) is 2.11. The first-order chi connectivity index (χ1) is 12.2. The fourth-order valence-electron chi connectivity index (χ4n) is 4.52. The first-order valence-electron chi connectivity index (χ1n) is 8.68. The molecule has 0 spiro atoms. The molecule has 2 aromatic carbocycles. The molecule has 2 aliphatic heterocycles. The van der Waals surface area contributed by atoms with Crippen LogP contribution in [0, 0.1) is 0 Å². The van der Waals surface area contributed by atoms with Crippen LogP contribution >= 0.6 is 0 Å². The van der Waals surface area contributed by atoms with E-state index in [0.29, 0.717) is 6.42 Å². The summed E-state index contributed by atoms with van der Waals surface area (Å²) < 4.78 is 0. The van der Waals surface area contributed by atoms with Gasteiger partial charge in [0.1, 0.15) is 5.54 Å². The van der Waals surface area contributed by atoms with Crippen molar-refractivity contribution in [2.45, 2.75) is 31.3 Å². The molecule has 0 unspecified atom stereocenters. The number of nitrogens with one attached hydrogen (secondary N) is 1. The number of para-hydroxylation sites is 1. The highest BCUT2D eigenvalue weighted by atomic mass is 16.6. The molecule has 4 rings (SSSR count). The number of fused-ring (bicyclic) bond motifs is 3. The van der Waals surface area contributed by atoms with Crippen molar-refractivity contribution in [1.82, 2.24) is 5.48 Å². The Morgan fingerprint density at radius 3 is 2.60 bits per heavy atom. The zero-order chi connectivity index (χ0) is 17.4. The number of carbonyl (C=O) groups is 1. The maximum absolute atomic E-state index is 13.1. The Kier molecular flexibility index (Phi) is 3.94. The molecule has 0 saturated carbocycles. The Morgan fingerprint density at radius 1 is 1.16 bits per heavy atom. The molecular weight excluding hydrogens is 312 g/mol. The molecule has 1 N–H and O–H groups in total. The van der Waals surface area contributed by atoms with Gasteiger partial charge in [-0.3, -0.25) is 9.69 Å².